The van der Waals surface area contributed by atoms with Crippen molar-refractivity contribution < 1.29 is 0 Å². The maximum absolute atomic E-state index is 4.32. The molecule has 0 amide bonds. The highest BCUT2D eigenvalue weighted by atomic mass is 15.2. The van der Waals surface area contributed by atoms with Crippen molar-refractivity contribution in [3.05, 3.63) is 24.0 Å². The summed E-state index contributed by atoms with van der Waals surface area (Å²) in [5.41, 5.74) is 2.32. The smallest absolute Gasteiger partial charge is 0.0553 e. The van der Waals surface area contributed by atoms with Gasteiger partial charge in [-0.1, -0.05) is 0 Å². The molecule has 1 aromatic rings. The highest BCUT2D eigenvalue weighted by Crippen LogP contribution is 2.14. The summed E-state index contributed by atoms with van der Waals surface area (Å²) in [5.74, 6) is 0. The minimum Gasteiger partial charge on any atom is -0.367 e. The minimum absolute atomic E-state index is 0.574. The molecule has 1 saturated heterocycles. The van der Waals surface area contributed by atoms with Crippen LogP contribution in [0.15, 0.2) is 18.3 Å². The molecule has 0 bridgehead atoms. The lowest BCUT2D eigenvalue weighted by Crippen LogP contribution is -2.49. The van der Waals surface area contributed by atoms with Crippen molar-refractivity contribution in [1.29, 1.82) is 0 Å². The number of hydrogen-bond donors (Lipinski definition) is 1. The van der Waals surface area contributed by atoms with E-state index in [9.17, 15) is 0 Å². The summed E-state index contributed by atoms with van der Waals surface area (Å²) in [6, 6.07) is 4.80. The van der Waals surface area contributed by atoms with Crippen LogP contribution in [0, 0.1) is 6.92 Å². The van der Waals surface area contributed by atoms with Crippen molar-refractivity contribution in [1.82, 2.24) is 10.3 Å². The zero-order valence-corrected chi connectivity index (χ0v) is 8.83. The van der Waals surface area contributed by atoms with Crippen molar-refractivity contribution >= 4 is 5.69 Å². The van der Waals surface area contributed by atoms with Gasteiger partial charge in [-0.15, -0.1) is 0 Å². The predicted octanol–water partition coefficient (Wildman–Crippen LogP) is 1.19. The average molecular weight is 191 g/mol. The first kappa shape index (κ1) is 9.46. The zero-order chi connectivity index (χ0) is 9.97. The molecule has 1 aliphatic rings. The Morgan fingerprint density at radius 1 is 1.50 bits per heavy atom. The fourth-order valence-corrected chi connectivity index (χ4v) is 1.81. The molecule has 76 valence electrons. The molecule has 3 heteroatoms. The molecular weight excluding hydrogens is 174 g/mol. The van der Waals surface area contributed by atoms with Crippen LogP contribution in [0.5, 0.6) is 0 Å². The van der Waals surface area contributed by atoms with E-state index in [-0.39, 0.29) is 0 Å². The molecule has 1 fully saturated rings. The third-order valence-electron chi connectivity index (χ3n) is 2.63. The second-order valence-electron chi connectivity index (χ2n) is 3.96. The van der Waals surface area contributed by atoms with Gasteiger partial charge in [0.05, 0.1) is 11.9 Å². The second kappa shape index (κ2) is 3.96. The number of nitrogens with zero attached hydrogens (tertiary/aromatic N) is 2. The highest BCUT2D eigenvalue weighted by molar-refractivity contribution is 5.45. The van der Waals surface area contributed by atoms with E-state index in [4.69, 9.17) is 0 Å². The molecule has 1 aromatic heterocycles. The van der Waals surface area contributed by atoms with Crippen molar-refractivity contribution in [3.8, 4) is 0 Å². The molecule has 1 aliphatic heterocycles. The second-order valence-corrected chi connectivity index (χ2v) is 3.96. The van der Waals surface area contributed by atoms with Crippen LogP contribution in [0.25, 0.3) is 0 Å². The van der Waals surface area contributed by atoms with E-state index in [0.29, 0.717) is 6.04 Å². The van der Waals surface area contributed by atoms with E-state index in [2.05, 4.69) is 34.3 Å². The summed E-state index contributed by atoms with van der Waals surface area (Å²) in [7, 11) is 0. The van der Waals surface area contributed by atoms with Crippen molar-refractivity contribution in [2.24, 2.45) is 0 Å². The van der Waals surface area contributed by atoms with Gasteiger partial charge in [0.1, 0.15) is 0 Å². The van der Waals surface area contributed by atoms with E-state index in [1.165, 1.54) is 5.69 Å². The van der Waals surface area contributed by atoms with Crippen LogP contribution in [-0.2, 0) is 0 Å². The fraction of sp³-hybridized carbons (Fsp3) is 0.545. The lowest BCUT2D eigenvalue weighted by Gasteiger charge is -2.33. The van der Waals surface area contributed by atoms with Gasteiger partial charge in [0.15, 0.2) is 0 Å². The van der Waals surface area contributed by atoms with Gasteiger partial charge in [0.25, 0.3) is 0 Å². The van der Waals surface area contributed by atoms with Crippen molar-refractivity contribution in [2.75, 3.05) is 24.5 Å². The summed E-state index contributed by atoms with van der Waals surface area (Å²) >= 11 is 0. The van der Waals surface area contributed by atoms with Gasteiger partial charge >= 0.3 is 0 Å². The van der Waals surface area contributed by atoms with E-state index in [0.717, 1.165) is 25.3 Å². The van der Waals surface area contributed by atoms with Gasteiger partial charge in [0, 0.05) is 31.4 Å². The molecular formula is C11H17N3. The van der Waals surface area contributed by atoms with Crippen LogP contribution in [0.4, 0.5) is 5.69 Å². The lowest BCUT2D eigenvalue weighted by molar-refractivity contribution is 0.484. The number of aryl methyl sites for hydroxylation is 1. The summed E-state index contributed by atoms with van der Waals surface area (Å²) < 4.78 is 0. The largest absolute Gasteiger partial charge is 0.367 e. The third kappa shape index (κ3) is 2.04. The molecule has 1 N–H and O–H groups in total. The highest BCUT2D eigenvalue weighted by Gasteiger charge is 2.15. The van der Waals surface area contributed by atoms with E-state index >= 15 is 0 Å². The number of aromatic nitrogens is 1. The van der Waals surface area contributed by atoms with Crippen LogP contribution < -0.4 is 10.2 Å². The summed E-state index contributed by atoms with van der Waals surface area (Å²) in [6.45, 7) is 7.45. The molecule has 1 unspecified atom stereocenters. The summed E-state index contributed by atoms with van der Waals surface area (Å²) in [6.07, 6.45) is 1.97. The molecule has 0 radical (unpaired) electrons. The Bertz CT molecular complexity index is 294. The number of piperazine rings is 1. The Morgan fingerprint density at radius 3 is 3.00 bits per heavy atom. The molecule has 1 atom stereocenters. The topological polar surface area (TPSA) is 28.2 Å². The molecule has 3 nitrogen and oxygen atoms in total. The van der Waals surface area contributed by atoms with Gasteiger partial charge in [-0.25, -0.2) is 0 Å². The monoisotopic (exact) mass is 191 g/mol. The van der Waals surface area contributed by atoms with Gasteiger partial charge in [0.2, 0.25) is 0 Å². The first-order valence-corrected chi connectivity index (χ1v) is 5.17. The van der Waals surface area contributed by atoms with E-state index in [1.54, 1.807) is 0 Å². The predicted molar refractivity (Wildman–Crippen MR) is 58.7 cm³/mol. The van der Waals surface area contributed by atoms with Crippen LogP contribution in [-0.4, -0.2) is 30.7 Å². The van der Waals surface area contributed by atoms with Crippen LogP contribution in [0.3, 0.4) is 0 Å². The Kier molecular flexibility index (Phi) is 2.68. The molecule has 0 aliphatic carbocycles. The first-order chi connectivity index (χ1) is 6.75. The number of rotatable bonds is 1. The number of pyridine rings is 1. The summed E-state index contributed by atoms with van der Waals surface area (Å²) in [4.78, 5) is 6.70. The third-order valence-corrected chi connectivity index (χ3v) is 2.63. The average Bonchev–Trinajstić information content (AvgIpc) is 2.19. The van der Waals surface area contributed by atoms with Gasteiger partial charge in [-0.2, -0.15) is 0 Å². The van der Waals surface area contributed by atoms with E-state index < -0.39 is 0 Å². The zero-order valence-electron chi connectivity index (χ0n) is 8.83. The van der Waals surface area contributed by atoms with E-state index in [1.807, 2.05) is 13.1 Å². The van der Waals surface area contributed by atoms with Gasteiger partial charge in [-0.3, -0.25) is 4.98 Å². The Balaban J connectivity index is 2.10. The molecule has 2 rings (SSSR count). The quantitative estimate of drug-likeness (QED) is 0.722. The van der Waals surface area contributed by atoms with Gasteiger partial charge in [-0.05, 0) is 26.0 Å². The Hall–Kier alpha value is -1.09. The number of nitrogens with one attached hydrogen (secondary N) is 1. The molecule has 14 heavy (non-hydrogen) atoms. The molecule has 2 heterocycles. The van der Waals surface area contributed by atoms with Crippen LogP contribution in [0.1, 0.15) is 12.6 Å². The van der Waals surface area contributed by atoms with Gasteiger partial charge < -0.3 is 10.2 Å². The molecule has 0 saturated carbocycles. The summed E-state index contributed by atoms with van der Waals surface area (Å²) in [5, 5.41) is 3.43. The normalized spacial score (nSPS) is 22.4. The lowest BCUT2D eigenvalue weighted by atomic mass is 10.2. The Labute approximate surface area is 85.1 Å². The fourth-order valence-electron chi connectivity index (χ4n) is 1.81. The maximum Gasteiger partial charge on any atom is 0.0553 e. The SMILES string of the molecule is Cc1ccc(N2CCNC(C)C2)cn1. The number of hydrogen-bond acceptors (Lipinski definition) is 3. The number of anilines is 1. The molecule has 0 aromatic carbocycles. The minimum atomic E-state index is 0.574. The first-order valence-electron chi connectivity index (χ1n) is 5.17. The van der Waals surface area contributed by atoms with Crippen molar-refractivity contribution in [2.45, 2.75) is 19.9 Å². The maximum atomic E-state index is 4.32. The van der Waals surface area contributed by atoms with Crippen molar-refractivity contribution in [3.63, 3.8) is 0 Å². The molecule has 0 spiro atoms. The van der Waals surface area contributed by atoms with Crippen LogP contribution >= 0.6 is 0 Å². The standard InChI is InChI=1S/C11H17N3/c1-9-3-4-11(7-13-9)14-6-5-12-10(2)8-14/h3-4,7,10,12H,5-6,8H2,1-2H3. The van der Waals surface area contributed by atoms with Crippen LogP contribution in [0.2, 0.25) is 0 Å². The Morgan fingerprint density at radius 2 is 2.36 bits per heavy atom.